The Balaban J connectivity index is 2.38. The molecule has 19 heavy (non-hydrogen) atoms. The maximum Gasteiger partial charge on any atom is 0.0476 e. The monoisotopic (exact) mass is 373 g/mol. The summed E-state index contributed by atoms with van der Waals surface area (Å²) in [6.45, 7) is 0. The molecule has 0 atom stereocenters. The van der Waals surface area contributed by atoms with Crippen molar-refractivity contribution >= 4 is 64.4 Å². The minimum atomic E-state index is 1.13. The van der Waals surface area contributed by atoms with Crippen LogP contribution in [0.25, 0.3) is 32.6 Å². The third-order valence-electron chi connectivity index (χ3n) is 3.54. The first kappa shape index (κ1) is 11.5. The first-order valence-electron chi connectivity index (χ1n) is 6.03. The second-order valence-electron chi connectivity index (χ2n) is 4.61. The molecule has 0 unspecified atom stereocenters. The van der Waals surface area contributed by atoms with E-state index >= 15 is 0 Å². The predicted octanol–water partition coefficient (Wildman–Crippen LogP) is 6.00. The summed E-state index contributed by atoms with van der Waals surface area (Å²) in [5, 5.41) is 5.04. The molecule has 0 saturated heterocycles. The van der Waals surface area contributed by atoms with Crippen molar-refractivity contribution in [3.63, 3.8) is 0 Å². The highest BCUT2D eigenvalue weighted by Gasteiger charge is 2.11. The summed E-state index contributed by atoms with van der Waals surface area (Å²) < 4.78 is 2.26. The fourth-order valence-corrected chi connectivity index (χ4v) is 3.78. The second kappa shape index (κ2) is 4.09. The first-order valence-corrected chi connectivity index (χ1v) is 7.61. The summed E-state index contributed by atoms with van der Waals surface area (Å²) in [4.78, 5) is 3.49. The maximum absolute atomic E-state index is 3.67. The van der Waals surface area contributed by atoms with Crippen molar-refractivity contribution in [2.24, 2.45) is 0 Å². The largest absolute Gasteiger partial charge is 0.354 e. The number of halogens is 2. The molecule has 0 fully saturated rings. The molecule has 0 spiro atoms. The zero-order valence-electron chi connectivity index (χ0n) is 9.87. The minimum Gasteiger partial charge on any atom is -0.354 e. The Hall–Kier alpha value is -1.32. The molecule has 1 nitrogen and oxygen atoms in total. The van der Waals surface area contributed by atoms with Gasteiger partial charge in [0.05, 0.1) is 0 Å². The lowest BCUT2D eigenvalue weighted by Gasteiger charge is -2.03. The number of hydrogen-bond acceptors (Lipinski definition) is 0. The van der Waals surface area contributed by atoms with Crippen LogP contribution in [0.15, 0.2) is 57.5 Å². The molecule has 1 heterocycles. The fraction of sp³-hybridized carbons (Fsp3) is 0. The number of hydrogen-bond donors (Lipinski definition) is 1. The highest BCUT2D eigenvalue weighted by Crippen LogP contribution is 2.37. The summed E-state index contributed by atoms with van der Waals surface area (Å²) in [5.41, 5.74) is 2.34. The van der Waals surface area contributed by atoms with Gasteiger partial charge >= 0.3 is 0 Å². The summed E-state index contributed by atoms with van der Waals surface area (Å²) in [7, 11) is 0. The third kappa shape index (κ3) is 1.58. The van der Waals surface area contributed by atoms with Gasteiger partial charge in [-0.1, -0.05) is 56.1 Å². The van der Waals surface area contributed by atoms with E-state index in [2.05, 4.69) is 85.4 Å². The van der Waals surface area contributed by atoms with E-state index in [1.165, 1.54) is 27.1 Å². The van der Waals surface area contributed by atoms with Crippen LogP contribution in [-0.4, -0.2) is 4.98 Å². The van der Waals surface area contributed by atoms with Crippen molar-refractivity contribution in [2.75, 3.05) is 0 Å². The summed E-state index contributed by atoms with van der Waals surface area (Å²) in [5.74, 6) is 0. The van der Waals surface area contributed by atoms with E-state index in [0.717, 1.165) is 14.5 Å². The standard InChI is InChI=1S/C16H9Br2N/c17-11-4-1-3-10-9(11)7-8-14-15(10)16-12(18)5-2-6-13(16)19-14/h1-8,19H. The number of rotatable bonds is 0. The summed E-state index contributed by atoms with van der Waals surface area (Å²) in [6, 6.07) is 16.9. The lowest BCUT2D eigenvalue weighted by molar-refractivity contribution is 1.55. The van der Waals surface area contributed by atoms with Crippen LogP contribution >= 0.6 is 31.9 Å². The van der Waals surface area contributed by atoms with Crippen LogP contribution in [0.3, 0.4) is 0 Å². The lowest BCUT2D eigenvalue weighted by atomic mass is 10.0. The average molecular weight is 375 g/mol. The molecule has 0 saturated carbocycles. The smallest absolute Gasteiger partial charge is 0.0476 e. The van der Waals surface area contributed by atoms with Gasteiger partial charge < -0.3 is 4.98 Å². The van der Waals surface area contributed by atoms with Crippen molar-refractivity contribution in [2.45, 2.75) is 0 Å². The van der Waals surface area contributed by atoms with Crippen LogP contribution in [0, 0.1) is 0 Å². The van der Waals surface area contributed by atoms with E-state index in [1.807, 2.05) is 0 Å². The Morgan fingerprint density at radius 2 is 1.37 bits per heavy atom. The van der Waals surface area contributed by atoms with Gasteiger partial charge in [0, 0.05) is 30.8 Å². The molecular formula is C16H9Br2N. The maximum atomic E-state index is 3.67. The van der Waals surface area contributed by atoms with Gasteiger partial charge in [0.2, 0.25) is 0 Å². The Morgan fingerprint density at radius 1 is 0.632 bits per heavy atom. The molecule has 1 aromatic heterocycles. The zero-order valence-corrected chi connectivity index (χ0v) is 13.0. The fourth-order valence-electron chi connectivity index (χ4n) is 2.72. The molecule has 3 aromatic carbocycles. The Labute approximate surface area is 126 Å². The van der Waals surface area contributed by atoms with Gasteiger partial charge in [-0.15, -0.1) is 0 Å². The van der Waals surface area contributed by atoms with Crippen molar-refractivity contribution in [1.82, 2.24) is 4.98 Å². The van der Waals surface area contributed by atoms with E-state index in [4.69, 9.17) is 0 Å². The number of H-pyrrole nitrogens is 1. The topological polar surface area (TPSA) is 15.8 Å². The Kier molecular flexibility index (Phi) is 2.47. The molecule has 92 valence electrons. The van der Waals surface area contributed by atoms with Gasteiger partial charge in [-0.05, 0) is 35.0 Å². The van der Waals surface area contributed by atoms with Gasteiger partial charge in [0.15, 0.2) is 0 Å². The summed E-state index contributed by atoms with van der Waals surface area (Å²) in [6.07, 6.45) is 0. The van der Waals surface area contributed by atoms with Crippen LogP contribution in [0.1, 0.15) is 0 Å². The van der Waals surface area contributed by atoms with E-state index in [0.29, 0.717) is 0 Å². The van der Waals surface area contributed by atoms with Gasteiger partial charge in [-0.2, -0.15) is 0 Å². The molecule has 0 aliphatic carbocycles. The number of benzene rings is 3. The lowest BCUT2D eigenvalue weighted by Crippen LogP contribution is -1.77. The van der Waals surface area contributed by atoms with Gasteiger partial charge in [0.25, 0.3) is 0 Å². The number of aromatic amines is 1. The van der Waals surface area contributed by atoms with E-state index in [-0.39, 0.29) is 0 Å². The van der Waals surface area contributed by atoms with Gasteiger partial charge in [-0.3, -0.25) is 0 Å². The molecule has 3 heteroatoms. The number of fused-ring (bicyclic) bond motifs is 5. The third-order valence-corrected chi connectivity index (χ3v) is 4.89. The van der Waals surface area contributed by atoms with E-state index < -0.39 is 0 Å². The predicted molar refractivity (Wildman–Crippen MR) is 88.7 cm³/mol. The zero-order chi connectivity index (χ0) is 13.0. The van der Waals surface area contributed by atoms with Gasteiger partial charge in [0.1, 0.15) is 0 Å². The van der Waals surface area contributed by atoms with Gasteiger partial charge in [-0.25, -0.2) is 0 Å². The van der Waals surface area contributed by atoms with E-state index in [1.54, 1.807) is 0 Å². The highest BCUT2D eigenvalue weighted by atomic mass is 79.9. The van der Waals surface area contributed by atoms with Crippen LogP contribution in [0.4, 0.5) is 0 Å². The van der Waals surface area contributed by atoms with E-state index in [9.17, 15) is 0 Å². The van der Waals surface area contributed by atoms with Crippen LogP contribution in [-0.2, 0) is 0 Å². The Morgan fingerprint density at radius 3 is 2.26 bits per heavy atom. The normalized spacial score (nSPS) is 11.7. The summed E-state index contributed by atoms with van der Waals surface area (Å²) >= 11 is 7.30. The number of nitrogens with one attached hydrogen (secondary N) is 1. The SMILES string of the molecule is Brc1cccc2c1ccc1[nH]c3cccc(Br)c3c12. The quantitative estimate of drug-likeness (QED) is 0.388. The van der Waals surface area contributed by atoms with Crippen LogP contribution in [0.5, 0.6) is 0 Å². The molecule has 4 rings (SSSR count). The molecule has 0 radical (unpaired) electrons. The molecular weight excluding hydrogens is 366 g/mol. The van der Waals surface area contributed by atoms with Crippen molar-refractivity contribution in [3.05, 3.63) is 57.5 Å². The Bertz CT molecular complexity index is 938. The molecule has 0 amide bonds. The van der Waals surface area contributed by atoms with Crippen molar-refractivity contribution in [1.29, 1.82) is 0 Å². The average Bonchev–Trinajstić information content (AvgIpc) is 2.79. The molecule has 0 bridgehead atoms. The molecule has 1 N–H and O–H groups in total. The molecule has 0 aliphatic rings. The number of aromatic nitrogens is 1. The van der Waals surface area contributed by atoms with Crippen molar-refractivity contribution in [3.8, 4) is 0 Å². The minimum absolute atomic E-state index is 1.13. The second-order valence-corrected chi connectivity index (χ2v) is 6.32. The first-order chi connectivity index (χ1) is 9.25. The molecule has 4 aromatic rings. The molecule has 0 aliphatic heterocycles. The van der Waals surface area contributed by atoms with Crippen LogP contribution < -0.4 is 0 Å². The van der Waals surface area contributed by atoms with Crippen LogP contribution in [0.2, 0.25) is 0 Å². The van der Waals surface area contributed by atoms with Crippen molar-refractivity contribution < 1.29 is 0 Å². The highest BCUT2D eigenvalue weighted by molar-refractivity contribution is 9.11.